The van der Waals surface area contributed by atoms with Crippen molar-refractivity contribution in [1.82, 2.24) is 9.88 Å². The second-order valence-corrected chi connectivity index (χ2v) is 6.42. The van der Waals surface area contributed by atoms with Gasteiger partial charge in [0.05, 0.1) is 18.2 Å². The van der Waals surface area contributed by atoms with Gasteiger partial charge in [-0.1, -0.05) is 30.3 Å². The van der Waals surface area contributed by atoms with Crippen LogP contribution in [0.5, 0.6) is 5.75 Å². The molecule has 4 nitrogen and oxygen atoms in total. The van der Waals surface area contributed by atoms with Crippen molar-refractivity contribution in [2.24, 2.45) is 0 Å². The minimum Gasteiger partial charge on any atom is -0.487 e. The number of carbonyl (C=O) groups is 1. The molecule has 2 fully saturated rings. The Kier molecular flexibility index (Phi) is 3.52. The third-order valence-corrected chi connectivity index (χ3v) is 4.86. The molecular formula is C19H20N2O2. The summed E-state index contributed by atoms with van der Waals surface area (Å²) in [6, 6.07) is 13.9. The lowest BCUT2D eigenvalue weighted by Gasteiger charge is -2.23. The number of ether oxygens (including phenoxy) is 1. The summed E-state index contributed by atoms with van der Waals surface area (Å²) in [5.74, 6) is 1.04. The molecule has 1 saturated heterocycles. The smallest absolute Gasteiger partial charge is 0.233 e. The van der Waals surface area contributed by atoms with Gasteiger partial charge in [0.2, 0.25) is 5.91 Å². The van der Waals surface area contributed by atoms with Crippen molar-refractivity contribution < 1.29 is 9.53 Å². The maximum absolute atomic E-state index is 13.0. The van der Waals surface area contributed by atoms with Crippen LogP contribution in [0, 0.1) is 0 Å². The maximum Gasteiger partial charge on any atom is 0.233 e. The molecule has 1 saturated carbocycles. The summed E-state index contributed by atoms with van der Waals surface area (Å²) in [4.78, 5) is 19.0. The lowest BCUT2D eigenvalue weighted by Crippen LogP contribution is -2.38. The molecule has 1 aliphatic carbocycles. The van der Waals surface area contributed by atoms with Crippen LogP contribution in [0.2, 0.25) is 0 Å². The normalized spacial score (nSPS) is 21.9. The van der Waals surface area contributed by atoms with E-state index in [1.807, 2.05) is 35.2 Å². The third kappa shape index (κ3) is 2.69. The number of amides is 1. The highest BCUT2D eigenvalue weighted by molar-refractivity contribution is 5.91. The Labute approximate surface area is 136 Å². The average Bonchev–Trinajstić information content (AvgIpc) is 3.30. The zero-order valence-electron chi connectivity index (χ0n) is 13.0. The van der Waals surface area contributed by atoms with Gasteiger partial charge in [-0.3, -0.25) is 9.78 Å². The molecule has 23 heavy (non-hydrogen) atoms. The van der Waals surface area contributed by atoms with Gasteiger partial charge in [0, 0.05) is 19.2 Å². The first-order valence-electron chi connectivity index (χ1n) is 8.19. The summed E-state index contributed by atoms with van der Waals surface area (Å²) in [7, 11) is 0. The van der Waals surface area contributed by atoms with Crippen molar-refractivity contribution >= 4 is 5.91 Å². The molecule has 1 aromatic heterocycles. The fourth-order valence-electron chi connectivity index (χ4n) is 3.43. The Bertz CT molecular complexity index is 683. The lowest BCUT2D eigenvalue weighted by atomic mass is 9.94. The van der Waals surface area contributed by atoms with Gasteiger partial charge in [-0.05, 0) is 30.5 Å². The van der Waals surface area contributed by atoms with Gasteiger partial charge < -0.3 is 9.64 Å². The number of likely N-dealkylation sites (tertiary alicyclic amines) is 1. The Hall–Kier alpha value is -2.36. The van der Waals surface area contributed by atoms with Gasteiger partial charge in [0.25, 0.3) is 0 Å². The Morgan fingerprint density at radius 1 is 1.17 bits per heavy atom. The molecule has 1 unspecified atom stereocenters. The predicted molar refractivity (Wildman–Crippen MR) is 87.2 cm³/mol. The minimum atomic E-state index is -0.273. The fraction of sp³-hybridized carbons (Fsp3) is 0.368. The van der Waals surface area contributed by atoms with Gasteiger partial charge in [0.1, 0.15) is 11.9 Å². The maximum atomic E-state index is 13.0. The lowest BCUT2D eigenvalue weighted by molar-refractivity contribution is -0.133. The highest BCUT2D eigenvalue weighted by atomic mass is 16.5. The number of benzene rings is 1. The molecule has 2 heterocycles. The largest absolute Gasteiger partial charge is 0.487 e. The van der Waals surface area contributed by atoms with E-state index in [0.717, 1.165) is 37.1 Å². The quantitative estimate of drug-likeness (QED) is 0.872. The molecule has 1 aromatic carbocycles. The van der Waals surface area contributed by atoms with E-state index in [9.17, 15) is 4.79 Å². The van der Waals surface area contributed by atoms with Crippen molar-refractivity contribution in [3.05, 3.63) is 60.4 Å². The van der Waals surface area contributed by atoms with Crippen LogP contribution < -0.4 is 4.74 Å². The number of rotatable bonds is 4. The number of carbonyl (C=O) groups excluding carboxylic acids is 1. The van der Waals surface area contributed by atoms with E-state index in [1.165, 1.54) is 0 Å². The molecular weight excluding hydrogens is 288 g/mol. The number of hydrogen-bond acceptors (Lipinski definition) is 3. The highest BCUT2D eigenvalue weighted by Crippen LogP contribution is 2.49. The van der Waals surface area contributed by atoms with Gasteiger partial charge in [-0.25, -0.2) is 0 Å². The molecule has 2 aliphatic rings. The summed E-state index contributed by atoms with van der Waals surface area (Å²) in [5, 5.41) is 0. The van der Waals surface area contributed by atoms with E-state index in [1.54, 1.807) is 12.4 Å². The molecule has 0 bridgehead atoms. The molecule has 1 amide bonds. The van der Waals surface area contributed by atoms with Crippen LogP contribution in [-0.4, -0.2) is 35.0 Å². The predicted octanol–water partition coefficient (Wildman–Crippen LogP) is 2.79. The monoisotopic (exact) mass is 308 g/mol. The summed E-state index contributed by atoms with van der Waals surface area (Å²) in [5.41, 5.74) is 0.881. The van der Waals surface area contributed by atoms with Crippen LogP contribution in [0.4, 0.5) is 0 Å². The van der Waals surface area contributed by atoms with Crippen LogP contribution in [0.25, 0.3) is 0 Å². The average molecular weight is 308 g/mol. The Morgan fingerprint density at radius 3 is 2.70 bits per heavy atom. The molecule has 118 valence electrons. The van der Waals surface area contributed by atoms with Gasteiger partial charge >= 0.3 is 0 Å². The molecule has 0 spiro atoms. The van der Waals surface area contributed by atoms with Gasteiger partial charge in [-0.2, -0.15) is 0 Å². The first-order valence-corrected chi connectivity index (χ1v) is 8.19. The van der Waals surface area contributed by atoms with Crippen molar-refractivity contribution in [3.63, 3.8) is 0 Å². The first-order chi connectivity index (χ1) is 11.3. The van der Waals surface area contributed by atoms with Crippen LogP contribution in [-0.2, 0) is 10.2 Å². The molecule has 1 aliphatic heterocycles. The van der Waals surface area contributed by atoms with Crippen molar-refractivity contribution in [2.75, 3.05) is 13.1 Å². The van der Waals surface area contributed by atoms with E-state index >= 15 is 0 Å². The zero-order chi connectivity index (χ0) is 15.7. The Morgan fingerprint density at radius 2 is 2.00 bits per heavy atom. The summed E-state index contributed by atoms with van der Waals surface area (Å²) < 4.78 is 5.94. The van der Waals surface area contributed by atoms with E-state index in [0.29, 0.717) is 6.54 Å². The zero-order valence-corrected chi connectivity index (χ0v) is 13.0. The van der Waals surface area contributed by atoms with Crippen LogP contribution >= 0.6 is 0 Å². The summed E-state index contributed by atoms with van der Waals surface area (Å²) >= 11 is 0. The van der Waals surface area contributed by atoms with E-state index in [2.05, 4.69) is 17.1 Å². The number of aromatic nitrogens is 1. The Balaban J connectivity index is 1.43. The number of pyridine rings is 1. The van der Waals surface area contributed by atoms with Crippen LogP contribution in [0.3, 0.4) is 0 Å². The van der Waals surface area contributed by atoms with Crippen LogP contribution in [0.1, 0.15) is 24.8 Å². The topological polar surface area (TPSA) is 42.4 Å². The highest BCUT2D eigenvalue weighted by Gasteiger charge is 2.53. The molecule has 2 aromatic rings. The minimum absolute atomic E-state index is 0.0646. The van der Waals surface area contributed by atoms with Crippen molar-refractivity contribution in [1.29, 1.82) is 0 Å². The second-order valence-electron chi connectivity index (χ2n) is 6.42. The molecule has 0 N–H and O–H groups in total. The van der Waals surface area contributed by atoms with Crippen molar-refractivity contribution in [2.45, 2.75) is 30.8 Å². The summed E-state index contributed by atoms with van der Waals surface area (Å²) in [6.07, 6.45) is 6.31. The standard InChI is InChI=1S/C19H20N2O2/c22-18(19(9-10-19)15-5-2-1-3-6-15)21-12-8-17(14-21)23-16-7-4-11-20-13-16/h1-7,11,13,17H,8-10,12,14H2. The van der Waals surface area contributed by atoms with Gasteiger partial charge in [-0.15, -0.1) is 0 Å². The van der Waals surface area contributed by atoms with E-state index in [4.69, 9.17) is 4.74 Å². The van der Waals surface area contributed by atoms with E-state index in [-0.39, 0.29) is 17.4 Å². The fourth-order valence-corrected chi connectivity index (χ4v) is 3.43. The third-order valence-electron chi connectivity index (χ3n) is 4.86. The van der Waals surface area contributed by atoms with Crippen molar-refractivity contribution in [3.8, 4) is 5.75 Å². The van der Waals surface area contributed by atoms with Crippen LogP contribution in [0.15, 0.2) is 54.9 Å². The SMILES string of the molecule is O=C(N1CCC(Oc2cccnc2)C1)C1(c2ccccc2)CC1. The number of nitrogens with zero attached hydrogens (tertiary/aromatic N) is 2. The molecule has 4 rings (SSSR count). The molecule has 1 atom stereocenters. The molecule has 4 heteroatoms. The summed E-state index contributed by atoms with van der Waals surface area (Å²) in [6.45, 7) is 1.45. The first kappa shape index (κ1) is 14.2. The second kappa shape index (κ2) is 5.69. The van der Waals surface area contributed by atoms with Gasteiger partial charge in [0.15, 0.2) is 0 Å². The van der Waals surface area contributed by atoms with E-state index < -0.39 is 0 Å². The molecule has 0 radical (unpaired) electrons. The number of hydrogen-bond donors (Lipinski definition) is 0.